The lowest BCUT2D eigenvalue weighted by Crippen LogP contribution is -2.49. The van der Waals surface area contributed by atoms with E-state index in [9.17, 15) is 9.59 Å². The summed E-state index contributed by atoms with van der Waals surface area (Å²) in [6, 6.07) is 13.6. The number of para-hydroxylation sites is 3. The monoisotopic (exact) mass is 537 g/mol. The molecule has 1 aliphatic rings. The quantitative estimate of drug-likeness (QED) is 0.435. The number of piperazine rings is 1. The highest BCUT2D eigenvalue weighted by atomic mass is 32.1. The van der Waals surface area contributed by atoms with Gasteiger partial charge in [0.05, 0.1) is 25.9 Å². The normalized spacial score (nSPS) is 13.4. The van der Waals surface area contributed by atoms with Crippen molar-refractivity contribution in [1.82, 2.24) is 14.8 Å². The van der Waals surface area contributed by atoms with Crippen molar-refractivity contribution in [3.05, 3.63) is 69.7 Å². The number of benzene rings is 2. The minimum absolute atomic E-state index is 0.0874. The fraction of sp³-hybridized carbons (Fsp3) is 0.393. The predicted octanol–water partition coefficient (Wildman–Crippen LogP) is 4.41. The fourth-order valence-corrected chi connectivity index (χ4v) is 5.28. The van der Waals surface area contributed by atoms with E-state index in [2.05, 4.69) is 15.2 Å². The first-order valence-corrected chi connectivity index (χ1v) is 13.5. The maximum absolute atomic E-state index is 13.2. The van der Waals surface area contributed by atoms with E-state index in [4.69, 9.17) is 9.47 Å². The lowest BCUT2D eigenvalue weighted by atomic mass is 10.1. The first kappa shape index (κ1) is 27.4. The first-order chi connectivity index (χ1) is 18.4. The van der Waals surface area contributed by atoms with E-state index >= 15 is 0 Å². The molecule has 0 unspecified atom stereocenters. The molecule has 1 N–H and O–H groups in total. The highest BCUT2D eigenvalue weighted by Crippen LogP contribution is 2.28. The second-order valence-electron chi connectivity index (χ2n) is 9.19. The summed E-state index contributed by atoms with van der Waals surface area (Å²) in [6.07, 6.45) is 0. The van der Waals surface area contributed by atoms with Crippen LogP contribution < -0.4 is 15.0 Å². The summed E-state index contributed by atoms with van der Waals surface area (Å²) >= 11 is 1.39. The summed E-state index contributed by atoms with van der Waals surface area (Å²) in [5.41, 5.74) is 4.25. The van der Waals surface area contributed by atoms with Gasteiger partial charge in [0.15, 0.2) is 0 Å². The molecule has 1 saturated heterocycles. The molecule has 0 saturated carbocycles. The molecular weight excluding hydrogens is 502 g/mol. The van der Waals surface area contributed by atoms with Crippen molar-refractivity contribution in [3.8, 4) is 5.75 Å². The van der Waals surface area contributed by atoms with Crippen molar-refractivity contribution in [2.24, 2.45) is 0 Å². The Balaban J connectivity index is 1.38. The standard InChI is InChI=1S/C28H35N5O4S/c1-20-8-7-9-21(2)26(20)30-28(35)33(16-17-36-3)18-25-29-22(19-38-25)27(34)32-14-12-31(13-15-32)23-10-5-6-11-24(23)37-4/h5-11,19H,12-18H2,1-4H3,(H,30,35). The van der Waals surface area contributed by atoms with Gasteiger partial charge in [0, 0.05) is 50.9 Å². The molecule has 1 aliphatic heterocycles. The highest BCUT2D eigenvalue weighted by molar-refractivity contribution is 7.09. The van der Waals surface area contributed by atoms with Gasteiger partial charge < -0.3 is 29.5 Å². The van der Waals surface area contributed by atoms with Crippen LogP contribution >= 0.6 is 11.3 Å². The zero-order chi connectivity index (χ0) is 27.1. The number of carbonyl (C=O) groups excluding carboxylic acids is 2. The molecule has 202 valence electrons. The highest BCUT2D eigenvalue weighted by Gasteiger charge is 2.26. The van der Waals surface area contributed by atoms with Crippen molar-refractivity contribution in [1.29, 1.82) is 0 Å². The summed E-state index contributed by atoms with van der Waals surface area (Å²) < 4.78 is 10.7. The average molecular weight is 538 g/mol. The minimum Gasteiger partial charge on any atom is -0.495 e. The van der Waals surface area contributed by atoms with E-state index in [-0.39, 0.29) is 11.9 Å². The van der Waals surface area contributed by atoms with Crippen molar-refractivity contribution < 1.29 is 19.1 Å². The number of rotatable bonds is 9. The molecular formula is C28H35N5O4S. The van der Waals surface area contributed by atoms with E-state index < -0.39 is 0 Å². The molecule has 9 nitrogen and oxygen atoms in total. The largest absolute Gasteiger partial charge is 0.495 e. The number of urea groups is 1. The molecule has 10 heteroatoms. The second-order valence-corrected chi connectivity index (χ2v) is 10.1. The van der Waals surface area contributed by atoms with Gasteiger partial charge in [-0.1, -0.05) is 30.3 Å². The van der Waals surface area contributed by atoms with E-state index in [0.717, 1.165) is 28.3 Å². The van der Waals surface area contributed by atoms with Crippen LogP contribution in [0.5, 0.6) is 5.75 Å². The van der Waals surface area contributed by atoms with Crippen molar-refractivity contribution in [2.45, 2.75) is 20.4 Å². The molecule has 38 heavy (non-hydrogen) atoms. The Morgan fingerprint density at radius 3 is 2.42 bits per heavy atom. The maximum atomic E-state index is 13.2. The summed E-state index contributed by atoms with van der Waals surface area (Å²) in [7, 11) is 3.28. The molecule has 0 spiro atoms. The molecule has 1 fully saturated rings. The summed E-state index contributed by atoms with van der Waals surface area (Å²) in [4.78, 5) is 36.7. The Kier molecular flexibility index (Phi) is 9.19. The van der Waals surface area contributed by atoms with E-state index in [1.807, 2.05) is 61.2 Å². The van der Waals surface area contributed by atoms with Crippen LogP contribution in [0.25, 0.3) is 0 Å². The van der Waals surface area contributed by atoms with Gasteiger partial charge in [-0.15, -0.1) is 11.3 Å². The number of aromatic nitrogens is 1. The third-order valence-electron chi connectivity index (χ3n) is 6.66. The lowest BCUT2D eigenvalue weighted by Gasteiger charge is -2.36. The van der Waals surface area contributed by atoms with Gasteiger partial charge in [-0.25, -0.2) is 9.78 Å². The lowest BCUT2D eigenvalue weighted by molar-refractivity contribution is 0.0741. The molecule has 0 radical (unpaired) electrons. The molecule has 2 aromatic carbocycles. The zero-order valence-electron chi connectivity index (χ0n) is 22.4. The van der Waals surface area contributed by atoms with Gasteiger partial charge in [-0.2, -0.15) is 0 Å². The summed E-state index contributed by atoms with van der Waals surface area (Å²) in [5.74, 6) is 0.742. The second kappa shape index (κ2) is 12.7. The van der Waals surface area contributed by atoms with E-state index in [1.165, 1.54) is 11.3 Å². The molecule has 0 aliphatic carbocycles. The van der Waals surface area contributed by atoms with Crippen LogP contribution in [0, 0.1) is 13.8 Å². The molecule has 0 atom stereocenters. The van der Waals surface area contributed by atoms with Gasteiger partial charge >= 0.3 is 6.03 Å². The van der Waals surface area contributed by atoms with Crippen LogP contribution in [0.1, 0.15) is 26.6 Å². The molecule has 4 rings (SSSR count). The van der Waals surface area contributed by atoms with Gasteiger partial charge in [-0.05, 0) is 37.1 Å². The first-order valence-electron chi connectivity index (χ1n) is 12.6. The molecule has 2 heterocycles. The van der Waals surface area contributed by atoms with Crippen LogP contribution in [0.2, 0.25) is 0 Å². The minimum atomic E-state index is -0.227. The Morgan fingerprint density at radius 1 is 1.03 bits per heavy atom. The van der Waals surface area contributed by atoms with Crippen LogP contribution in [-0.4, -0.2) is 80.3 Å². The van der Waals surface area contributed by atoms with E-state index in [0.29, 0.717) is 56.6 Å². The number of anilines is 2. The van der Waals surface area contributed by atoms with Crippen molar-refractivity contribution in [2.75, 3.05) is 63.8 Å². The summed E-state index contributed by atoms with van der Waals surface area (Å²) in [5, 5.41) is 5.52. The Bertz CT molecular complexity index is 1240. The smallest absolute Gasteiger partial charge is 0.322 e. The number of nitrogens with zero attached hydrogens (tertiary/aromatic N) is 4. The molecule has 0 bridgehead atoms. The number of nitrogens with one attached hydrogen (secondary N) is 1. The maximum Gasteiger partial charge on any atom is 0.322 e. The Morgan fingerprint density at radius 2 is 1.74 bits per heavy atom. The van der Waals surface area contributed by atoms with Gasteiger partial charge in [0.2, 0.25) is 0 Å². The Labute approximate surface area is 228 Å². The van der Waals surface area contributed by atoms with Crippen LogP contribution in [0.15, 0.2) is 47.8 Å². The number of methoxy groups -OCH3 is 2. The zero-order valence-corrected chi connectivity index (χ0v) is 23.2. The number of aryl methyl sites for hydroxylation is 2. The van der Waals surface area contributed by atoms with Crippen LogP contribution in [-0.2, 0) is 11.3 Å². The number of hydrogen-bond acceptors (Lipinski definition) is 7. The predicted molar refractivity (Wildman–Crippen MR) is 150 cm³/mol. The third kappa shape index (κ3) is 6.43. The van der Waals surface area contributed by atoms with Gasteiger partial charge in [0.25, 0.3) is 5.91 Å². The summed E-state index contributed by atoms with van der Waals surface area (Å²) in [6.45, 7) is 7.66. The number of thiazole rings is 1. The third-order valence-corrected chi connectivity index (χ3v) is 7.49. The number of amides is 3. The Hall–Kier alpha value is -3.63. The molecule has 3 amide bonds. The number of hydrogen-bond donors (Lipinski definition) is 1. The fourth-order valence-electron chi connectivity index (χ4n) is 4.50. The van der Waals surface area contributed by atoms with Gasteiger partial charge in [-0.3, -0.25) is 4.79 Å². The van der Waals surface area contributed by atoms with Crippen LogP contribution in [0.4, 0.5) is 16.2 Å². The van der Waals surface area contributed by atoms with Gasteiger partial charge in [0.1, 0.15) is 16.5 Å². The van der Waals surface area contributed by atoms with E-state index in [1.54, 1.807) is 24.5 Å². The van der Waals surface area contributed by atoms with Crippen LogP contribution in [0.3, 0.4) is 0 Å². The molecule has 1 aromatic heterocycles. The molecule has 3 aromatic rings. The number of carbonyl (C=O) groups is 2. The SMILES string of the molecule is COCCN(Cc1nc(C(=O)N2CCN(c3ccccc3OC)CC2)cs1)C(=O)Nc1c(C)cccc1C. The van der Waals surface area contributed by atoms with Crippen molar-refractivity contribution >= 4 is 34.6 Å². The topological polar surface area (TPSA) is 87.2 Å². The number of ether oxygens (including phenoxy) is 2. The van der Waals surface area contributed by atoms with Crippen molar-refractivity contribution in [3.63, 3.8) is 0 Å². The average Bonchev–Trinajstić information content (AvgIpc) is 3.41.